The van der Waals surface area contributed by atoms with Crippen molar-refractivity contribution in [3.63, 3.8) is 0 Å². The highest BCUT2D eigenvalue weighted by Gasteiger charge is 2.41. The van der Waals surface area contributed by atoms with Gasteiger partial charge in [-0.15, -0.1) is 0 Å². The fourth-order valence-corrected chi connectivity index (χ4v) is 5.66. The van der Waals surface area contributed by atoms with Crippen molar-refractivity contribution in [2.75, 3.05) is 19.8 Å². The molecule has 0 amide bonds. The Morgan fingerprint density at radius 3 is 2.53 bits per heavy atom. The molecule has 0 saturated carbocycles. The molecule has 5 heteroatoms. The Labute approximate surface area is 106 Å². The first-order valence-corrected chi connectivity index (χ1v) is 8.96. The zero-order chi connectivity index (χ0) is 12.7. The van der Waals surface area contributed by atoms with Crippen molar-refractivity contribution >= 4 is 8.80 Å². The highest BCUT2D eigenvalue weighted by atomic mass is 28.3. The lowest BCUT2D eigenvalue weighted by atomic mass is 10.2. The van der Waals surface area contributed by atoms with Crippen LogP contribution in [0.4, 0.5) is 0 Å². The summed E-state index contributed by atoms with van der Waals surface area (Å²) in [6.07, 6.45) is 2.39. The van der Waals surface area contributed by atoms with Crippen LogP contribution in [0.3, 0.4) is 0 Å². The number of aliphatic hydroxyl groups is 2. The quantitative estimate of drug-likeness (QED) is 0.674. The van der Waals surface area contributed by atoms with Crippen molar-refractivity contribution in [3.8, 4) is 0 Å². The molecule has 0 radical (unpaired) electrons. The van der Waals surface area contributed by atoms with E-state index >= 15 is 0 Å². The van der Waals surface area contributed by atoms with Crippen molar-refractivity contribution in [2.45, 2.75) is 56.7 Å². The molecule has 1 fully saturated rings. The number of hydrogen-bond donors (Lipinski definition) is 2. The highest BCUT2D eigenvalue weighted by Crippen LogP contribution is 2.32. The van der Waals surface area contributed by atoms with Crippen LogP contribution in [-0.4, -0.2) is 50.3 Å². The second kappa shape index (κ2) is 7.48. The molecule has 1 saturated heterocycles. The van der Waals surface area contributed by atoms with Gasteiger partial charge in [-0.25, -0.2) is 0 Å². The Bertz CT molecular complexity index is 203. The topological polar surface area (TPSA) is 58.9 Å². The van der Waals surface area contributed by atoms with Gasteiger partial charge in [-0.1, -0.05) is 25.9 Å². The van der Waals surface area contributed by atoms with Crippen LogP contribution in [0.1, 0.15) is 33.1 Å². The van der Waals surface area contributed by atoms with E-state index in [0.717, 1.165) is 38.0 Å². The molecule has 0 aromatic carbocycles. The molecule has 0 aromatic heterocycles. The van der Waals surface area contributed by atoms with Gasteiger partial charge in [0, 0.05) is 6.61 Å². The summed E-state index contributed by atoms with van der Waals surface area (Å²) < 4.78 is 11.8. The van der Waals surface area contributed by atoms with Crippen LogP contribution < -0.4 is 0 Å². The summed E-state index contributed by atoms with van der Waals surface area (Å²) in [7, 11) is -1.12. The van der Waals surface area contributed by atoms with Crippen LogP contribution in [0, 0.1) is 0 Å². The Hall–Kier alpha value is 0.0569. The molecular weight excluding hydrogens is 236 g/mol. The van der Waals surface area contributed by atoms with Crippen molar-refractivity contribution in [2.24, 2.45) is 0 Å². The fourth-order valence-electron chi connectivity index (χ4n) is 2.54. The molecule has 0 spiro atoms. The minimum Gasteiger partial charge on any atom is -0.394 e. The Balaban J connectivity index is 2.63. The standard InChI is InChI=1S/C12H26O4Si/c1-3-17(4-2)12(7-5-6-8-15-12)16-10-11(14)9-13/h11,13-14,17H,3-10H2,1-2H3. The van der Waals surface area contributed by atoms with E-state index in [0.29, 0.717) is 0 Å². The Kier molecular flexibility index (Phi) is 6.65. The predicted molar refractivity (Wildman–Crippen MR) is 69.7 cm³/mol. The molecule has 1 aliphatic rings. The van der Waals surface area contributed by atoms with Gasteiger partial charge in [0.05, 0.1) is 13.2 Å². The molecule has 0 aromatic rings. The zero-order valence-corrected chi connectivity index (χ0v) is 12.2. The summed E-state index contributed by atoms with van der Waals surface area (Å²) in [6, 6.07) is 2.29. The van der Waals surface area contributed by atoms with E-state index in [2.05, 4.69) is 13.8 Å². The smallest absolute Gasteiger partial charge is 0.148 e. The predicted octanol–water partition coefficient (Wildman–Crippen LogP) is 1.06. The minimum atomic E-state index is -1.12. The van der Waals surface area contributed by atoms with Crippen LogP contribution in [0.5, 0.6) is 0 Å². The maximum Gasteiger partial charge on any atom is 0.148 e. The van der Waals surface area contributed by atoms with Crippen LogP contribution >= 0.6 is 0 Å². The van der Waals surface area contributed by atoms with Gasteiger partial charge in [0.15, 0.2) is 0 Å². The average molecular weight is 262 g/mol. The minimum absolute atomic E-state index is 0.181. The van der Waals surface area contributed by atoms with E-state index in [1.54, 1.807) is 0 Å². The molecule has 2 unspecified atom stereocenters. The SMILES string of the molecule is CC[SiH](CC)C1(OCC(O)CO)CCCCO1. The van der Waals surface area contributed by atoms with Gasteiger partial charge in [0.2, 0.25) is 0 Å². The molecule has 17 heavy (non-hydrogen) atoms. The summed E-state index contributed by atoms with van der Waals surface area (Å²) in [5.74, 6) is 0. The molecule has 1 heterocycles. The maximum absolute atomic E-state index is 9.42. The molecule has 0 bridgehead atoms. The first kappa shape index (κ1) is 15.1. The molecule has 1 aliphatic heterocycles. The van der Waals surface area contributed by atoms with Gasteiger partial charge in [-0.3, -0.25) is 0 Å². The van der Waals surface area contributed by atoms with Crippen molar-refractivity contribution in [1.29, 1.82) is 0 Å². The second-order valence-electron chi connectivity index (χ2n) is 4.78. The lowest BCUT2D eigenvalue weighted by Crippen LogP contribution is -2.53. The molecule has 0 aliphatic carbocycles. The Morgan fingerprint density at radius 2 is 2.06 bits per heavy atom. The van der Waals surface area contributed by atoms with Crippen LogP contribution in [0.2, 0.25) is 12.1 Å². The lowest BCUT2D eigenvalue weighted by molar-refractivity contribution is -0.215. The van der Waals surface area contributed by atoms with Gasteiger partial charge >= 0.3 is 0 Å². The molecule has 2 atom stereocenters. The van der Waals surface area contributed by atoms with E-state index in [4.69, 9.17) is 14.6 Å². The molecule has 4 nitrogen and oxygen atoms in total. The maximum atomic E-state index is 9.42. The third kappa shape index (κ3) is 4.03. The van der Waals surface area contributed by atoms with Crippen LogP contribution in [0.25, 0.3) is 0 Å². The third-order valence-corrected chi connectivity index (χ3v) is 7.44. The zero-order valence-electron chi connectivity index (χ0n) is 11.0. The van der Waals surface area contributed by atoms with Crippen LogP contribution in [-0.2, 0) is 9.47 Å². The van der Waals surface area contributed by atoms with E-state index < -0.39 is 20.3 Å². The van der Waals surface area contributed by atoms with Gasteiger partial charge in [-0.2, -0.15) is 0 Å². The number of rotatable bonds is 7. The summed E-state index contributed by atoms with van der Waals surface area (Å²) >= 11 is 0. The summed E-state index contributed by atoms with van der Waals surface area (Å²) in [5.41, 5.74) is -0.405. The van der Waals surface area contributed by atoms with E-state index in [9.17, 15) is 5.11 Å². The molecule has 1 rings (SSSR count). The highest BCUT2D eigenvalue weighted by molar-refractivity contribution is 6.61. The lowest BCUT2D eigenvalue weighted by Gasteiger charge is -2.42. The van der Waals surface area contributed by atoms with E-state index in [1.807, 2.05) is 0 Å². The molecular formula is C12H26O4Si. The summed E-state index contributed by atoms with van der Waals surface area (Å²) in [5, 5.41) is 18.3. The third-order valence-electron chi connectivity index (χ3n) is 3.60. The van der Waals surface area contributed by atoms with Gasteiger partial charge in [0.25, 0.3) is 0 Å². The monoisotopic (exact) mass is 262 g/mol. The molecule has 2 N–H and O–H groups in total. The Morgan fingerprint density at radius 1 is 1.35 bits per heavy atom. The van der Waals surface area contributed by atoms with Crippen molar-refractivity contribution in [3.05, 3.63) is 0 Å². The summed E-state index contributed by atoms with van der Waals surface area (Å²) in [6.45, 7) is 5.09. The summed E-state index contributed by atoms with van der Waals surface area (Å²) in [4.78, 5) is 0. The fraction of sp³-hybridized carbons (Fsp3) is 1.00. The largest absolute Gasteiger partial charge is 0.394 e. The molecule has 102 valence electrons. The number of ether oxygens (including phenoxy) is 2. The van der Waals surface area contributed by atoms with Crippen LogP contribution in [0.15, 0.2) is 0 Å². The van der Waals surface area contributed by atoms with Gasteiger partial charge in [-0.05, 0) is 19.3 Å². The van der Waals surface area contributed by atoms with Gasteiger partial charge in [0.1, 0.15) is 20.3 Å². The van der Waals surface area contributed by atoms with E-state index in [1.165, 1.54) is 0 Å². The first-order valence-electron chi connectivity index (χ1n) is 6.75. The normalized spacial score (nSPS) is 27.4. The van der Waals surface area contributed by atoms with Gasteiger partial charge < -0.3 is 19.7 Å². The number of hydrogen-bond acceptors (Lipinski definition) is 4. The van der Waals surface area contributed by atoms with Crippen molar-refractivity contribution < 1.29 is 19.7 Å². The van der Waals surface area contributed by atoms with Crippen molar-refractivity contribution in [1.82, 2.24) is 0 Å². The second-order valence-corrected chi connectivity index (χ2v) is 8.68. The number of aliphatic hydroxyl groups excluding tert-OH is 2. The average Bonchev–Trinajstić information content (AvgIpc) is 2.38. The van der Waals surface area contributed by atoms with E-state index in [-0.39, 0.29) is 13.2 Å². The first-order chi connectivity index (χ1) is 8.18.